The van der Waals surface area contributed by atoms with Gasteiger partial charge in [-0.1, -0.05) is 6.07 Å². The molecule has 0 aliphatic heterocycles. The summed E-state index contributed by atoms with van der Waals surface area (Å²) >= 11 is 0. The number of nitrogens with one attached hydrogen (secondary N) is 1. The first kappa shape index (κ1) is 11.0. The number of non-ortho nitro benzene ring substituents is 1. The zero-order valence-electron chi connectivity index (χ0n) is 9.01. The number of nitro benzene ring substituents is 1. The lowest BCUT2D eigenvalue weighted by Crippen LogP contribution is -2.06. The summed E-state index contributed by atoms with van der Waals surface area (Å²) in [5.41, 5.74) is 1.69. The molecule has 0 saturated carbocycles. The number of nitrogens with zero attached hydrogens (tertiary/aromatic N) is 2. The Morgan fingerprint density at radius 2 is 2.06 bits per heavy atom. The van der Waals surface area contributed by atoms with Crippen LogP contribution in [-0.2, 0) is 0 Å². The molecule has 6 heteroatoms. The molecule has 2 aromatic rings. The van der Waals surface area contributed by atoms with Crippen LogP contribution in [0.2, 0.25) is 0 Å². The van der Waals surface area contributed by atoms with Gasteiger partial charge in [0.2, 0.25) is 0 Å². The van der Waals surface area contributed by atoms with Gasteiger partial charge >= 0.3 is 0 Å². The van der Waals surface area contributed by atoms with Gasteiger partial charge in [-0.2, -0.15) is 5.10 Å². The lowest BCUT2D eigenvalue weighted by atomic mass is 10.0. The Labute approximate surface area is 96.1 Å². The van der Waals surface area contributed by atoms with Crippen molar-refractivity contribution in [2.45, 2.75) is 6.92 Å². The third kappa shape index (κ3) is 2.20. The number of aryl methyl sites for hydroxylation is 1. The maximum atomic E-state index is 10.9. The van der Waals surface area contributed by atoms with Crippen molar-refractivity contribution in [1.82, 2.24) is 10.2 Å². The van der Waals surface area contributed by atoms with E-state index in [-0.39, 0.29) is 11.2 Å². The molecule has 0 aliphatic rings. The molecule has 0 aliphatic carbocycles. The SMILES string of the molecule is Cc1ccc([N+](=O)[O-])cc1-c1ccc(=O)[nH]n1. The highest BCUT2D eigenvalue weighted by molar-refractivity contribution is 5.65. The number of hydrogen-bond donors (Lipinski definition) is 1. The van der Waals surface area contributed by atoms with Crippen LogP contribution >= 0.6 is 0 Å². The normalized spacial score (nSPS) is 10.2. The summed E-state index contributed by atoms with van der Waals surface area (Å²) in [4.78, 5) is 21.1. The second-order valence-corrected chi connectivity index (χ2v) is 3.56. The van der Waals surface area contributed by atoms with E-state index < -0.39 is 4.92 Å². The Kier molecular flexibility index (Phi) is 2.70. The zero-order chi connectivity index (χ0) is 12.4. The molecule has 2 rings (SSSR count). The zero-order valence-corrected chi connectivity index (χ0v) is 9.01. The van der Waals surface area contributed by atoms with Crippen LogP contribution in [0.4, 0.5) is 5.69 Å². The molecule has 86 valence electrons. The molecule has 0 spiro atoms. The van der Waals surface area contributed by atoms with E-state index in [1.807, 2.05) is 6.92 Å². The maximum Gasteiger partial charge on any atom is 0.270 e. The molecule has 0 atom stereocenters. The van der Waals surface area contributed by atoms with Crippen molar-refractivity contribution < 1.29 is 4.92 Å². The van der Waals surface area contributed by atoms with E-state index in [1.165, 1.54) is 24.3 Å². The third-order valence-electron chi connectivity index (χ3n) is 2.39. The van der Waals surface area contributed by atoms with Gasteiger partial charge in [-0.05, 0) is 18.6 Å². The van der Waals surface area contributed by atoms with Gasteiger partial charge in [0.05, 0.1) is 10.6 Å². The van der Waals surface area contributed by atoms with Gasteiger partial charge in [-0.25, -0.2) is 5.10 Å². The summed E-state index contributed by atoms with van der Waals surface area (Å²) in [5, 5.41) is 16.8. The fourth-order valence-electron chi connectivity index (χ4n) is 1.49. The summed E-state index contributed by atoms with van der Waals surface area (Å²) in [6.07, 6.45) is 0. The first-order valence-corrected chi connectivity index (χ1v) is 4.89. The summed E-state index contributed by atoms with van der Waals surface area (Å²) < 4.78 is 0. The minimum atomic E-state index is -0.464. The highest BCUT2D eigenvalue weighted by atomic mass is 16.6. The van der Waals surface area contributed by atoms with Crippen LogP contribution in [0, 0.1) is 17.0 Å². The largest absolute Gasteiger partial charge is 0.270 e. The monoisotopic (exact) mass is 231 g/mol. The highest BCUT2D eigenvalue weighted by Crippen LogP contribution is 2.25. The fraction of sp³-hybridized carbons (Fsp3) is 0.0909. The Bertz CT molecular complexity index is 614. The van der Waals surface area contributed by atoms with Crippen molar-refractivity contribution in [2.24, 2.45) is 0 Å². The van der Waals surface area contributed by atoms with E-state index in [2.05, 4.69) is 10.2 Å². The second-order valence-electron chi connectivity index (χ2n) is 3.56. The van der Waals surface area contributed by atoms with E-state index in [4.69, 9.17) is 0 Å². The van der Waals surface area contributed by atoms with Crippen LogP contribution in [-0.4, -0.2) is 15.1 Å². The Hall–Kier alpha value is -2.50. The minimum absolute atomic E-state index is 0.00130. The number of rotatable bonds is 2. The van der Waals surface area contributed by atoms with E-state index in [0.29, 0.717) is 11.3 Å². The van der Waals surface area contributed by atoms with Crippen LogP contribution in [0.1, 0.15) is 5.56 Å². The first-order chi connectivity index (χ1) is 8.08. The number of H-pyrrole nitrogens is 1. The summed E-state index contributed by atoms with van der Waals surface area (Å²) in [7, 11) is 0. The van der Waals surface area contributed by atoms with Crippen LogP contribution < -0.4 is 5.56 Å². The van der Waals surface area contributed by atoms with Gasteiger partial charge in [0.1, 0.15) is 0 Å². The Morgan fingerprint density at radius 1 is 1.29 bits per heavy atom. The molecule has 0 fully saturated rings. The van der Waals surface area contributed by atoms with Gasteiger partial charge in [0, 0.05) is 23.8 Å². The van der Waals surface area contributed by atoms with Crippen molar-refractivity contribution in [1.29, 1.82) is 0 Å². The topological polar surface area (TPSA) is 88.9 Å². The Balaban J connectivity index is 2.57. The van der Waals surface area contributed by atoms with Gasteiger partial charge in [0.15, 0.2) is 0 Å². The van der Waals surface area contributed by atoms with Gasteiger partial charge in [-0.15, -0.1) is 0 Å². The average molecular weight is 231 g/mol. The number of aromatic amines is 1. The lowest BCUT2D eigenvalue weighted by molar-refractivity contribution is -0.384. The van der Waals surface area contributed by atoms with Crippen LogP contribution in [0.25, 0.3) is 11.3 Å². The second kappa shape index (κ2) is 4.17. The van der Waals surface area contributed by atoms with Crippen molar-refractivity contribution in [3.8, 4) is 11.3 Å². The molecule has 6 nitrogen and oxygen atoms in total. The van der Waals surface area contributed by atoms with E-state index in [0.717, 1.165) is 5.56 Å². The molecule has 0 amide bonds. The molecule has 1 aromatic carbocycles. The quantitative estimate of drug-likeness (QED) is 0.628. The van der Waals surface area contributed by atoms with E-state index in [1.54, 1.807) is 6.07 Å². The summed E-state index contributed by atoms with van der Waals surface area (Å²) in [6.45, 7) is 1.83. The van der Waals surface area contributed by atoms with Crippen LogP contribution in [0.3, 0.4) is 0 Å². The van der Waals surface area contributed by atoms with E-state index in [9.17, 15) is 14.9 Å². The fourth-order valence-corrected chi connectivity index (χ4v) is 1.49. The standard InChI is InChI=1S/C11H9N3O3/c1-7-2-3-8(14(16)17)6-9(7)10-4-5-11(15)13-12-10/h2-6H,1H3,(H,13,15). The van der Waals surface area contributed by atoms with Gasteiger partial charge < -0.3 is 0 Å². The van der Waals surface area contributed by atoms with Crippen molar-refractivity contribution >= 4 is 5.69 Å². The van der Waals surface area contributed by atoms with Crippen molar-refractivity contribution in [3.63, 3.8) is 0 Å². The van der Waals surface area contributed by atoms with Crippen molar-refractivity contribution in [2.75, 3.05) is 0 Å². The molecule has 0 radical (unpaired) electrons. The minimum Gasteiger partial charge on any atom is -0.268 e. The molecule has 1 aromatic heterocycles. The molecule has 17 heavy (non-hydrogen) atoms. The molecule has 1 heterocycles. The molecule has 0 bridgehead atoms. The highest BCUT2D eigenvalue weighted by Gasteiger charge is 2.10. The van der Waals surface area contributed by atoms with Crippen LogP contribution in [0.5, 0.6) is 0 Å². The molecular weight excluding hydrogens is 222 g/mol. The lowest BCUT2D eigenvalue weighted by Gasteiger charge is -2.03. The molecule has 1 N–H and O–H groups in total. The number of benzene rings is 1. The molecular formula is C11H9N3O3. The summed E-state index contributed by atoms with van der Waals surface area (Å²) in [6, 6.07) is 7.40. The average Bonchev–Trinajstić information content (AvgIpc) is 2.31. The molecule has 0 saturated heterocycles. The Morgan fingerprint density at radius 3 is 2.65 bits per heavy atom. The predicted molar refractivity (Wildman–Crippen MR) is 61.7 cm³/mol. The van der Waals surface area contributed by atoms with Gasteiger partial charge in [0.25, 0.3) is 11.2 Å². The van der Waals surface area contributed by atoms with Crippen molar-refractivity contribution in [3.05, 3.63) is 56.4 Å². The smallest absolute Gasteiger partial charge is 0.268 e. The van der Waals surface area contributed by atoms with E-state index >= 15 is 0 Å². The summed E-state index contributed by atoms with van der Waals surface area (Å²) in [5.74, 6) is 0. The predicted octanol–water partition coefficient (Wildman–Crippen LogP) is 1.65. The van der Waals surface area contributed by atoms with Gasteiger partial charge in [-0.3, -0.25) is 14.9 Å². The third-order valence-corrected chi connectivity index (χ3v) is 2.39. The number of aromatic nitrogens is 2. The number of hydrogen-bond acceptors (Lipinski definition) is 4. The maximum absolute atomic E-state index is 10.9. The van der Waals surface area contributed by atoms with Crippen LogP contribution in [0.15, 0.2) is 35.1 Å². The first-order valence-electron chi connectivity index (χ1n) is 4.89. The number of nitro groups is 1. The molecule has 0 unspecified atom stereocenters.